The number of aromatic nitrogens is 1. The molecule has 0 radical (unpaired) electrons. The summed E-state index contributed by atoms with van der Waals surface area (Å²) in [6, 6.07) is -1.80. The van der Waals surface area contributed by atoms with Gasteiger partial charge in [-0.2, -0.15) is 0 Å². The highest BCUT2D eigenvalue weighted by atomic mass is 32.2. The fraction of sp³-hybridized carbons (Fsp3) is 0.763. The fourth-order valence-electron chi connectivity index (χ4n) is 6.34. The van der Waals surface area contributed by atoms with Gasteiger partial charge in [-0.25, -0.2) is 9.78 Å². The molecule has 294 valence electrons. The number of unbranched alkanes of at least 4 members (excludes halogenated alkanes) is 17. The van der Waals surface area contributed by atoms with Crippen molar-refractivity contribution in [3.63, 3.8) is 0 Å². The van der Waals surface area contributed by atoms with E-state index in [2.05, 4.69) is 29.3 Å². The number of nitrogens with two attached hydrogens (primary N) is 1. The zero-order chi connectivity index (χ0) is 37.4. The molecular weight excluding hydrogens is 703 g/mol. The Balaban J connectivity index is 1.42. The van der Waals surface area contributed by atoms with Gasteiger partial charge in [0.25, 0.3) is 5.91 Å². The first-order valence-corrected chi connectivity index (χ1v) is 21.4. The Labute approximate surface area is 319 Å². The molecule has 3 heterocycles. The van der Waals surface area contributed by atoms with Crippen LogP contribution in [0.1, 0.15) is 148 Å². The van der Waals surface area contributed by atoms with E-state index in [9.17, 15) is 14.4 Å². The lowest BCUT2D eigenvalue weighted by molar-refractivity contribution is -0.205. The van der Waals surface area contributed by atoms with Crippen molar-refractivity contribution in [3.05, 3.63) is 22.6 Å². The van der Waals surface area contributed by atoms with Crippen LogP contribution in [-0.2, 0) is 33.4 Å². The molecule has 0 aliphatic carbocycles. The molecule has 1 fully saturated rings. The second-order valence-corrected chi connectivity index (χ2v) is 15.5. The lowest BCUT2D eigenvalue weighted by Crippen LogP contribution is -2.73. The Morgan fingerprint density at radius 1 is 0.904 bits per heavy atom. The van der Waals surface area contributed by atoms with Crippen molar-refractivity contribution < 1.29 is 33.4 Å². The zero-order valence-electron chi connectivity index (χ0n) is 31.7. The maximum Gasteiger partial charge on any atom is 0.335 e. The van der Waals surface area contributed by atoms with Crippen LogP contribution in [0.4, 0.5) is 5.13 Å². The molecule has 52 heavy (non-hydrogen) atoms. The van der Waals surface area contributed by atoms with Gasteiger partial charge in [0.2, 0.25) is 5.91 Å². The quantitative estimate of drug-likeness (QED) is 0.0196. The van der Waals surface area contributed by atoms with E-state index in [0.717, 1.165) is 43.4 Å². The van der Waals surface area contributed by atoms with Gasteiger partial charge in [-0.15, -0.1) is 23.1 Å². The highest BCUT2D eigenvalue weighted by Crippen LogP contribution is 2.37. The molecule has 0 saturated carbocycles. The third-order valence-corrected chi connectivity index (χ3v) is 11.1. The summed E-state index contributed by atoms with van der Waals surface area (Å²) in [5.74, 6) is -1.64. The number of ether oxygens (including phenoxy) is 3. The van der Waals surface area contributed by atoms with Gasteiger partial charge >= 0.3 is 5.97 Å². The van der Waals surface area contributed by atoms with Crippen LogP contribution in [0.5, 0.6) is 0 Å². The Kier molecular flexibility index (Phi) is 22.0. The topological polar surface area (TPSA) is 155 Å². The van der Waals surface area contributed by atoms with Gasteiger partial charge < -0.3 is 35.0 Å². The average Bonchev–Trinajstić information content (AvgIpc) is 3.58. The van der Waals surface area contributed by atoms with Crippen LogP contribution >= 0.6 is 23.1 Å². The van der Waals surface area contributed by atoms with Crippen molar-refractivity contribution in [1.29, 1.82) is 0 Å². The molecule has 1 saturated heterocycles. The number of thiazole rings is 1. The Morgan fingerprint density at radius 3 is 2.08 bits per heavy atom. The lowest BCUT2D eigenvalue weighted by Gasteiger charge is -2.50. The van der Waals surface area contributed by atoms with Crippen molar-refractivity contribution in [2.75, 3.05) is 26.2 Å². The van der Waals surface area contributed by atoms with E-state index in [4.69, 9.17) is 24.8 Å². The van der Waals surface area contributed by atoms with Crippen LogP contribution in [0.2, 0.25) is 0 Å². The van der Waals surface area contributed by atoms with Gasteiger partial charge in [0.05, 0.1) is 0 Å². The normalized spacial score (nSPS) is 18.9. The Bertz CT molecular complexity index is 1250. The number of β-lactam (4-membered cyclic amide) rings is 1. The number of rotatable bonds is 30. The summed E-state index contributed by atoms with van der Waals surface area (Å²) in [6.07, 6.45) is 25.5. The molecule has 3 rings (SSSR count). The van der Waals surface area contributed by atoms with E-state index >= 15 is 0 Å². The molecule has 2 amide bonds. The first-order chi connectivity index (χ1) is 25.4. The monoisotopic (exact) mass is 765 g/mol. The van der Waals surface area contributed by atoms with Gasteiger partial charge in [0.1, 0.15) is 30.3 Å². The number of fused-ring (bicyclic) bond motifs is 1. The minimum Gasteiger partial charge on any atom is -0.437 e. The van der Waals surface area contributed by atoms with E-state index in [-0.39, 0.29) is 23.3 Å². The Morgan fingerprint density at radius 2 is 1.50 bits per heavy atom. The summed E-state index contributed by atoms with van der Waals surface area (Å²) in [7, 11) is 1.31. The third kappa shape index (κ3) is 15.4. The van der Waals surface area contributed by atoms with E-state index in [1.165, 1.54) is 120 Å². The predicted octanol–water partition coefficient (Wildman–Crippen LogP) is 8.06. The van der Waals surface area contributed by atoms with E-state index in [1.54, 1.807) is 16.9 Å². The van der Waals surface area contributed by atoms with Crippen molar-refractivity contribution in [2.24, 2.45) is 5.16 Å². The highest BCUT2D eigenvalue weighted by molar-refractivity contribution is 8.02. The number of anilines is 1. The molecule has 1 aromatic rings. The predicted molar refractivity (Wildman–Crippen MR) is 209 cm³/mol. The number of carbonyl (C=O) groups excluding carboxylic acids is 3. The summed E-state index contributed by atoms with van der Waals surface area (Å²) < 4.78 is 17.6. The molecule has 3 N–H and O–H groups in total. The van der Waals surface area contributed by atoms with E-state index in [1.807, 2.05) is 0 Å². The molecule has 2 aliphatic heterocycles. The number of hydrogen-bond donors (Lipinski definition) is 2. The fourth-order valence-corrected chi connectivity index (χ4v) is 8.00. The molecular formula is C38H63N5O7S2. The number of nitrogens with one attached hydrogen (secondary N) is 1. The minimum atomic E-state index is -0.927. The molecule has 4 atom stereocenters. The summed E-state index contributed by atoms with van der Waals surface area (Å²) in [4.78, 5) is 49.7. The summed E-state index contributed by atoms with van der Waals surface area (Å²) >= 11 is 2.48. The smallest absolute Gasteiger partial charge is 0.335 e. The van der Waals surface area contributed by atoms with Crippen molar-refractivity contribution >= 4 is 51.7 Å². The molecule has 1 aromatic heterocycles. The maximum atomic E-state index is 13.2. The number of hydrogen-bond acceptors (Lipinski definition) is 12. The van der Waals surface area contributed by atoms with Crippen molar-refractivity contribution in [2.45, 2.75) is 166 Å². The van der Waals surface area contributed by atoms with Gasteiger partial charge in [0.15, 0.2) is 23.9 Å². The van der Waals surface area contributed by atoms with Crippen LogP contribution in [-0.4, -0.2) is 77.6 Å². The zero-order valence-corrected chi connectivity index (χ0v) is 33.3. The lowest BCUT2D eigenvalue weighted by atomic mass is 10.0. The molecule has 4 unspecified atom stereocenters. The average molecular weight is 766 g/mol. The SMILES string of the molecule is CCCCCCCCCCCCOC(CCCCCCCCCCC)OCOC(=O)C1C=CSC2C(NC(=O)/C(=N/OC)c3csc(N)n3)C(=O)N12. The number of esters is 1. The molecule has 2 aliphatic rings. The molecule has 0 aromatic carbocycles. The number of nitrogen functional groups attached to an aromatic ring is 1. The van der Waals surface area contributed by atoms with Crippen molar-refractivity contribution in [1.82, 2.24) is 15.2 Å². The summed E-state index contributed by atoms with van der Waals surface area (Å²) in [6.45, 7) is 4.83. The van der Waals surface area contributed by atoms with Gasteiger partial charge in [0, 0.05) is 12.0 Å². The third-order valence-electron chi connectivity index (χ3n) is 9.35. The highest BCUT2D eigenvalue weighted by Gasteiger charge is 2.54. The first kappa shape index (κ1) is 43.7. The van der Waals surface area contributed by atoms with Crippen LogP contribution in [0.25, 0.3) is 0 Å². The largest absolute Gasteiger partial charge is 0.437 e. The molecule has 12 nitrogen and oxygen atoms in total. The van der Waals surface area contributed by atoms with Crippen LogP contribution < -0.4 is 11.1 Å². The van der Waals surface area contributed by atoms with Crippen LogP contribution in [0.3, 0.4) is 0 Å². The summed E-state index contributed by atoms with van der Waals surface area (Å²) in [5, 5.41) is 9.58. The van der Waals surface area contributed by atoms with E-state index < -0.39 is 41.5 Å². The molecule has 0 spiro atoms. The van der Waals surface area contributed by atoms with Crippen LogP contribution in [0, 0.1) is 0 Å². The standard InChI is InChI=1S/C38H63N5O7S2/c1-4-6-8-10-12-14-16-18-20-22-25-48-31(23-21-19-17-15-13-11-9-7-5-2)49-28-50-37(46)30-24-26-51-36-33(35(45)43(30)36)41-34(44)32(42-47-3)29-27-52-38(39)40-29/h24,26-27,30-31,33,36H,4-23,25,28H2,1-3H3,(H2,39,40)(H,41,44)/b42-32+. The number of oxime groups is 1. The maximum absolute atomic E-state index is 13.2. The van der Waals surface area contributed by atoms with Crippen molar-refractivity contribution in [3.8, 4) is 0 Å². The minimum absolute atomic E-state index is 0.0986. The second kappa shape index (κ2) is 26.2. The van der Waals surface area contributed by atoms with Crippen LogP contribution in [0.15, 0.2) is 22.0 Å². The van der Waals surface area contributed by atoms with Gasteiger partial charge in [-0.3, -0.25) is 9.59 Å². The number of nitrogens with zero attached hydrogens (tertiary/aromatic N) is 3. The first-order valence-electron chi connectivity index (χ1n) is 19.6. The number of amides is 2. The Hall–Kier alpha value is -2.68. The van der Waals surface area contributed by atoms with E-state index in [0.29, 0.717) is 6.61 Å². The van der Waals surface area contributed by atoms with Gasteiger partial charge in [-0.05, 0) is 30.7 Å². The molecule has 0 bridgehead atoms. The number of carbonyl (C=O) groups is 3. The number of thioether (sulfide) groups is 1. The second-order valence-electron chi connectivity index (χ2n) is 13.5. The summed E-state index contributed by atoms with van der Waals surface area (Å²) in [5.41, 5.74) is 5.86. The van der Waals surface area contributed by atoms with Gasteiger partial charge in [-0.1, -0.05) is 128 Å². The molecule has 14 heteroatoms.